The van der Waals surface area contributed by atoms with Gasteiger partial charge in [-0.1, -0.05) is 18.2 Å². The number of thioether (sulfide) groups is 1. The highest BCUT2D eigenvalue weighted by Crippen LogP contribution is 2.17. The van der Waals surface area contributed by atoms with E-state index in [4.69, 9.17) is 0 Å². The molecule has 1 aliphatic heterocycles. The third-order valence-corrected chi connectivity index (χ3v) is 5.41. The van der Waals surface area contributed by atoms with Crippen molar-refractivity contribution >= 4 is 27.5 Å². The fourth-order valence-corrected chi connectivity index (χ4v) is 3.74. The molecule has 0 spiro atoms. The highest BCUT2D eigenvalue weighted by Gasteiger charge is 2.24. The number of rotatable bonds is 3. The summed E-state index contributed by atoms with van der Waals surface area (Å²) in [6.07, 6.45) is 0. The van der Waals surface area contributed by atoms with E-state index in [0.29, 0.717) is 18.8 Å². The normalized spacial score (nSPS) is 18.6. The first-order valence-corrected chi connectivity index (χ1v) is 8.53. The van der Waals surface area contributed by atoms with Crippen LogP contribution in [0.4, 0.5) is 0 Å². The second kappa shape index (κ2) is 5.75. The summed E-state index contributed by atoms with van der Waals surface area (Å²) >= 11 is 1.48. The van der Waals surface area contributed by atoms with Crippen molar-refractivity contribution in [2.75, 3.05) is 30.3 Å². The summed E-state index contributed by atoms with van der Waals surface area (Å²) in [6.45, 7) is 0.660. The second-order valence-corrected chi connectivity index (χ2v) is 7.49. The lowest BCUT2D eigenvalue weighted by Gasteiger charge is -2.26. The zero-order chi connectivity index (χ0) is 13.0. The minimum Gasteiger partial charge on any atom is -0.340 e. The van der Waals surface area contributed by atoms with Gasteiger partial charge in [-0.3, -0.25) is 4.79 Å². The van der Waals surface area contributed by atoms with Gasteiger partial charge >= 0.3 is 0 Å². The maximum Gasteiger partial charge on any atom is 0.232 e. The van der Waals surface area contributed by atoms with E-state index in [9.17, 15) is 13.2 Å². The molecule has 1 saturated heterocycles. The molecule has 2 rings (SSSR count). The highest BCUT2D eigenvalue weighted by molar-refractivity contribution is 8.00. The van der Waals surface area contributed by atoms with Gasteiger partial charge in [0.05, 0.1) is 17.3 Å². The molecule has 18 heavy (non-hydrogen) atoms. The van der Waals surface area contributed by atoms with Crippen LogP contribution < -0.4 is 0 Å². The largest absolute Gasteiger partial charge is 0.340 e. The average molecular weight is 285 g/mol. The first-order chi connectivity index (χ1) is 8.57. The quantitative estimate of drug-likeness (QED) is 0.779. The second-order valence-electron chi connectivity index (χ2n) is 4.13. The lowest BCUT2D eigenvalue weighted by atomic mass is 10.4. The van der Waals surface area contributed by atoms with Crippen LogP contribution in [0.2, 0.25) is 0 Å². The van der Waals surface area contributed by atoms with Crippen LogP contribution >= 0.6 is 11.8 Å². The topological polar surface area (TPSA) is 54.5 Å². The van der Waals surface area contributed by atoms with Crippen molar-refractivity contribution < 1.29 is 13.2 Å². The van der Waals surface area contributed by atoms with Crippen LogP contribution in [-0.2, 0) is 14.6 Å². The fraction of sp³-hybridized carbons (Fsp3) is 0.417. The van der Waals surface area contributed by atoms with Crippen LogP contribution in [0.15, 0.2) is 35.2 Å². The van der Waals surface area contributed by atoms with Crippen LogP contribution in [0.25, 0.3) is 0 Å². The highest BCUT2D eigenvalue weighted by atomic mass is 32.2. The Hall–Kier alpha value is -1.01. The molecule has 1 fully saturated rings. The van der Waals surface area contributed by atoms with Gasteiger partial charge in [-0.25, -0.2) is 8.42 Å². The Morgan fingerprint density at radius 1 is 1.17 bits per heavy atom. The summed E-state index contributed by atoms with van der Waals surface area (Å²) in [6, 6.07) is 9.71. The van der Waals surface area contributed by atoms with Crippen LogP contribution in [-0.4, -0.2) is 49.6 Å². The van der Waals surface area contributed by atoms with Gasteiger partial charge in [0.25, 0.3) is 0 Å². The molecule has 6 heteroatoms. The zero-order valence-electron chi connectivity index (χ0n) is 9.91. The molecule has 0 bridgehead atoms. The predicted molar refractivity (Wildman–Crippen MR) is 72.4 cm³/mol. The van der Waals surface area contributed by atoms with Crippen molar-refractivity contribution in [1.29, 1.82) is 0 Å². The molecule has 0 aromatic heterocycles. The van der Waals surface area contributed by atoms with E-state index in [1.165, 1.54) is 11.8 Å². The Morgan fingerprint density at radius 3 is 2.39 bits per heavy atom. The number of carbonyl (C=O) groups is 1. The van der Waals surface area contributed by atoms with E-state index in [0.717, 1.165) is 4.90 Å². The summed E-state index contributed by atoms with van der Waals surface area (Å²) in [4.78, 5) is 14.6. The van der Waals surface area contributed by atoms with E-state index in [2.05, 4.69) is 0 Å². The van der Waals surface area contributed by atoms with Crippen molar-refractivity contribution in [3.8, 4) is 0 Å². The van der Waals surface area contributed by atoms with Crippen LogP contribution in [0.5, 0.6) is 0 Å². The number of hydrogen-bond donors (Lipinski definition) is 0. The molecule has 98 valence electrons. The minimum absolute atomic E-state index is 0.0127. The van der Waals surface area contributed by atoms with Crippen LogP contribution in [0, 0.1) is 0 Å². The average Bonchev–Trinajstić information content (AvgIpc) is 2.37. The number of nitrogens with zero attached hydrogens (tertiary/aromatic N) is 1. The maximum absolute atomic E-state index is 11.9. The first kappa shape index (κ1) is 13.4. The Balaban J connectivity index is 1.83. The summed E-state index contributed by atoms with van der Waals surface area (Å²) in [5, 5.41) is 0. The van der Waals surface area contributed by atoms with Gasteiger partial charge < -0.3 is 4.90 Å². The van der Waals surface area contributed by atoms with Gasteiger partial charge in [0.1, 0.15) is 0 Å². The third kappa shape index (κ3) is 3.74. The maximum atomic E-state index is 11.9. The molecule has 0 radical (unpaired) electrons. The molecular weight excluding hydrogens is 270 g/mol. The molecular formula is C12H15NO3S2. The molecule has 1 heterocycles. The van der Waals surface area contributed by atoms with E-state index < -0.39 is 9.84 Å². The molecule has 0 aliphatic carbocycles. The van der Waals surface area contributed by atoms with E-state index in [-0.39, 0.29) is 17.4 Å². The van der Waals surface area contributed by atoms with Gasteiger partial charge in [0, 0.05) is 18.0 Å². The van der Waals surface area contributed by atoms with Gasteiger partial charge in [-0.15, -0.1) is 11.8 Å². The van der Waals surface area contributed by atoms with Gasteiger partial charge in [0.2, 0.25) is 5.91 Å². The van der Waals surface area contributed by atoms with Crippen molar-refractivity contribution in [3.05, 3.63) is 30.3 Å². The number of benzene rings is 1. The number of amides is 1. The smallest absolute Gasteiger partial charge is 0.232 e. The number of hydrogen-bond acceptors (Lipinski definition) is 4. The third-order valence-electron chi connectivity index (χ3n) is 2.80. The molecule has 0 N–H and O–H groups in total. The molecule has 1 amide bonds. The molecule has 4 nitrogen and oxygen atoms in total. The zero-order valence-corrected chi connectivity index (χ0v) is 11.5. The summed E-state index contributed by atoms with van der Waals surface area (Å²) in [5.41, 5.74) is 0. The van der Waals surface area contributed by atoms with Gasteiger partial charge in [-0.2, -0.15) is 0 Å². The Kier molecular flexibility index (Phi) is 4.29. The predicted octanol–water partition coefficient (Wildman–Crippen LogP) is 1.04. The molecule has 1 aromatic carbocycles. The van der Waals surface area contributed by atoms with E-state index >= 15 is 0 Å². The Morgan fingerprint density at radius 2 is 1.78 bits per heavy atom. The Labute approximate surface area is 111 Å². The SMILES string of the molecule is O=C(CSc1ccccc1)N1CCS(=O)(=O)CC1. The molecule has 0 saturated carbocycles. The lowest BCUT2D eigenvalue weighted by Crippen LogP contribution is -2.44. The molecule has 0 atom stereocenters. The monoisotopic (exact) mass is 285 g/mol. The first-order valence-electron chi connectivity index (χ1n) is 5.73. The van der Waals surface area contributed by atoms with Crippen molar-refractivity contribution in [2.45, 2.75) is 4.90 Å². The number of carbonyl (C=O) groups excluding carboxylic acids is 1. The lowest BCUT2D eigenvalue weighted by molar-refractivity contribution is -0.128. The van der Waals surface area contributed by atoms with E-state index in [1.807, 2.05) is 30.3 Å². The van der Waals surface area contributed by atoms with E-state index in [1.54, 1.807) is 4.90 Å². The Bertz CT molecular complexity index is 499. The van der Waals surface area contributed by atoms with Crippen molar-refractivity contribution in [2.24, 2.45) is 0 Å². The van der Waals surface area contributed by atoms with Crippen molar-refractivity contribution in [1.82, 2.24) is 4.90 Å². The van der Waals surface area contributed by atoms with Crippen molar-refractivity contribution in [3.63, 3.8) is 0 Å². The summed E-state index contributed by atoms with van der Waals surface area (Å²) in [7, 11) is -2.92. The summed E-state index contributed by atoms with van der Waals surface area (Å²) < 4.78 is 22.5. The van der Waals surface area contributed by atoms with Crippen LogP contribution in [0.1, 0.15) is 0 Å². The van der Waals surface area contributed by atoms with Gasteiger partial charge in [0.15, 0.2) is 9.84 Å². The molecule has 1 aromatic rings. The molecule has 0 unspecified atom stereocenters. The number of sulfone groups is 1. The minimum atomic E-state index is -2.92. The summed E-state index contributed by atoms with van der Waals surface area (Å²) in [5.74, 6) is 0.562. The van der Waals surface area contributed by atoms with Gasteiger partial charge in [-0.05, 0) is 12.1 Å². The fourth-order valence-electron chi connectivity index (χ4n) is 1.71. The van der Waals surface area contributed by atoms with Crippen LogP contribution in [0.3, 0.4) is 0 Å². The standard InChI is InChI=1S/C12H15NO3S2/c14-12(10-17-11-4-2-1-3-5-11)13-6-8-18(15,16)9-7-13/h1-5H,6-10H2. The molecule has 1 aliphatic rings.